The van der Waals surface area contributed by atoms with Crippen molar-refractivity contribution in [3.63, 3.8) is 0 Å². The molecule has 0 spiro atoms. The van der Waals surface area contributed by atoms with Crippen LogP contribution in [0.1, 0.15) is 44.9 Å². The number of alkyl halides is 3. The summed E-state index contributed by atoms with van der Waals surface area (Å²) in [4.78, 5) is 10.8. The number of hydrogen-bond donors (Lipinski definition) is 0. The zero-order valence-corrected chi connectivity index (χ0v) is 12.2. The number of esters is 1. The normalized spacial score (nSPS) is 20.0. The Kier molecular flexibility index (Phi) is 6.09. The zero-order valence-electron chi connectivity index (χ0n) is 10.1. The monoisotopic (exact) mass is 360 g/mol. The number of rotatable bonds is 5. The molecule has 100 valence electrons. The SMILES string of the molecule is COC(=O)C(F)(F)CCC(I)C1CCCCC1. The molecule has 2 nitrogen and oxygen atoms in total. The Bertz CT molecular complexity index is 253. The van der Waals surface area contributed by atoms with Crippen LogP contribution in [0.2, 0.25) is 0 Å². The van der Waals surface area contributed by atoms with Crippen molar-refractivity contribution in [2.45, 2.75) is 54.8 Å². The van der Waals surface area contributed by atoms with Crippen LogP contribution in [0.5, 0.6) is 0 Å². The molecule has 1 unspecified atom stereocenters. The maximum absolute atomic E-state index is 13.3. The minimum Gasteiger partial charge on any atom is -0.465 e. The Hall–Kier alpha value is 0.0600. The summed E-state index contributed by atoms with van der Waals surface area (Å²) in [6.07, 6.45) is 5.93. The van der Waals surface area contributed by atoms with Crippen LogP contribution < -0.4 is 0 Å². The lowest BCUT2D eigenvalue weighted by molar-refractivity contribution is -0.169. The van der Waals surface area contributed by atoms with Crippen molar-refractivity contribution in [3.05, 3.63) is 0 Å². The molecule has 0 aliphatic heterocycles. The average Bonchev–Trinajstić information content (AvgIpc) is 2.36. The van der Waals surface area contributed by atoms with E-state index < -0.39 is 18.3 Å². The minimum absolute atomic E-state index is 0.239. The van der Waals surface area contributed by atoms with E-state index in [9.17, 15) is 13.6 Å². The molecule has 1 atom stereocenters. The molecule has 1 rings (SSSR count). The van der Waals surface area contributed by atoms with Crippen LogP contribution in [0.15, 0.2) is 0 Å². The fourth-order valence-electron chi connectivity index (χ4n) is 2.30. The average molecular weight is 360 g/mol. The van der Waals surface area contributed by atoms with Gasteiger partial charge in [-0.3, -0.25) is 0 Å². The van der Waals surface area contributed by atoms with Crippen molar-refractivity contribution in [2.75, 3.05) is 7.11 Å². The Balaban J connectivity index is 2.36. The molecular weight excluding hydrogens is 341 g/mol. The second-order valence-electron chi connectivity index (χ2n) is 4.65. The predicted octanol–water partition coefficient (Wildman–Crippen LogP) is 3.96. The Labute approximate surface area is 115 Å². The number of methoxy groups -OCH3 is 1. The van der Waals surface area contributed by atoms with E-state index in [2.05, 4.69) is 27.3 Å². The first kappa shape index (κ1) is 15.1. The summed E-state index contributed by atoms with van der Waals surface area (Å²) < 4.78 is 30.9. The van der Waals surface area contributed by atoms with E-state index in [-0.39, 0.29) is 3.92 Å². The van der Waals surface area contributed by atoms with Crippen molar-refractivity contribution in [1.82, 2.24) is 0 Å². The van der Waals surface area contributed by atoms with E-state index >= 15 is 0 Å². The Morgan fingerprint density at radius 2 is 2.00 bits per heavy atom. The lowest BCUT2D eigenvalue weighted by atomic mass is 9.85. The van der Waals surface area contributed by atoms with E-state index in [0.717, 1.165) is 20.0 Å². The fraction of sp³-hybridized carbons (Fsp3) is 0.917. The number of carbonyl (C=O) groups is 1. The van der Waals surface area contributed by atoms with Gasteiger partial charge in [0.25, 0.3) is 0 Å². The molecule has 1 aliphatic carbocycles. The molecule has 0 aromatic carbocycles. The summed E-state index contributed by atoms with van der Waals surface area (Å²) in [6.45, 7) is 0. The molecule has 17 heavy (non-hydrogen) atoms. The highest BCUT2D eigenvalue weighted by atomic mass is 127. The number of hydrogen-bond acceptors (Lipinski definition) is 2. The second-order valence-corrected chi connectivity index (χ2v) is 6.25. The van der Waals surface area contributed by atoms with E-state index in [4.69, 9.17) is 0 Å². The minimum atomic E-state index is -3.33. The summed E-state index contributed by atoms with van der Waals surface area (Å²) in [7, 11) is 0.999. The molecule has 0 heterocycles. The van der Waals surface area contributed by atoms with Crippen LogP contribution >= 0.6 is 22.6 Å². The third-order valence-electron chi connectivity index (χ3n) is 3.38. The number of ether oxygens (including phenoxy) is 1. The molecule has 1 saturated carbocycles. The predicted molar refractivity (Wildman–Crippen MR) is 70.6 cm³/mol. The molecule has 0 radical (unpaired) electrons. The zero-order chi connectivity index (χ0) is 12.9. The molecule has 5 heteroatoms. The van der Waals surface area contributed by atoms with E-state index in [0.29, 0.717) is 12.3 Å². The molecule has 0 saturated heterocycles. The summed E-state index contributed by atoms with van der Waals surface area (Å²) in [5.74, 6) is -4.20. The molecular formula is C12H19F2IO2. The second kappa shape index (κ2) is 6.85. The first-order chi connectivity index (χ1) is 7.97. The van der Waals surface area contributed by atoms with Gasteiger partial charge in [0.15, 0.2) is 0 Å². The molecule has 0 aromatic heterocycles. The van der Waals surface area contributed by atoms with Gasteiger partial charge in [0.2, 0.25) is 0 Å². The van der Waals surface area contributed by atoms with Crippen LogP contribution in [-0.2, 0) is 9.53 Å². The van der Waals surface area contributed by atoms with Gasteiger partial charge in [-0.05, 0) is 25.2 Å². The highest BCUT2D eigenvalue weighted by molar-refractivity contribution is 14.1. The summed E-state index contributed by atoms with van der Waals surface area (Å²) in [5, 5.41) is 0. The van der Waals surface area contributed by atoms with Gasteiger partial charge < -0.3 is 4.74 Å². The van der Waals surface area contributed by atoms with Crippen LogP contribution in [0.4, 0.5) is 8.78 Å². The Morgan fingerprint density at radius 1 is 1.41 bits per heavy atom. The van der Waals surface area contributed by atoms with Crippen molar-refractivity contribution in [2.24, 2.45) is 5.92 Å². The van der Waals surface area contributed by atoms with Crippen molar-refractivity contribution < 1.29 is 18.3 Å². The van der Waals surface area contributed by atoms with Gasteiger partial charge in [0.05, 0.1) is 7.11 Å². The number of carbonyl (C=O) groups excluding carboxylic acids is 1. The van der Waals surface area contributed by atoms with Gasteiger partial charge in [0, 0.05) is 10.3 Å². The quantitative estimate of drug-likeness (QED) is 0.422. The smallest absolute Gasteiger partial charge is 0.376 e. The summed E-state index contributed by atoms with van der Waals surface area (Å²) >= 11 is 2.25. The maximum Gasteiger partial charge on any atom is 0.376 e. The molecule has 0 aromatic rings. The third kappa shape index (κ3) is 4.67. The van der Waals surface area contributed by atoms with Gasteiger partial charge in [-0.1, -0.05) is 41.9 Å². The van der Waals surface area contributed by atoms with Crippen LogP contribution in [0, 0.1) is 5.92 Å². The maximum atomic E-state index is 13.3. The Morgan fingerprint density at radius 3 is 2.53 bits per heavy atom. The number of halogens is 3. The lowest BCUT2D eigenvalue weighted by Crippen LogP contribution is -2.31. The van der Waals surface area contributed by atoms with Crippen LogP contribution in [-0.4, -0.2) is 22.9 Å². The topological polar surface area (TPSA) is 26.3 Å². The molecule has 1 aliphatic rings. The largest absolute Gasteiger partial charge is 0.465 e. The highest BCUT2D eigenvalue weighted by Crippen LogP contribution is 2.34. The molecule has 0 amide bonds. The fourth-order valence-corrected chi connectivity index (χ4v) is 3.33. The van der Waals surface area contributed by atoms with Gasteiger partial charge in [-0.2, -0.15) is 8.78 Å². The standard InChI is InChI=1S/C12H19F2IO2/c1-17-11(16)12(13,14)8-7-10(15)9-5-3-2-4-6-9/h9-10H,2-8H2,1H3. The van der Waals surface area contributed by atoms with E-state index in [1.165, 1.54) is 19.3 Å². The van der Waals surface area contributed by atoms with Crippen LogP contribution in [0.3, 0.4) is 0 Å². The molecule has 0 bridgehead atoms. The van der Waals surface area contributed by atoms with Crippen molar-refractivity contribution >= 4 is 28.6 Å². The first-order valence-electron chi connectivity index (χ1n) is 6.07. The molecule has 0 N–H and O–H groups in total. The third-order valence-corrected chi connectivity index (χ3v) is 5.02. The lowest BCUT2D eigenvalue weighted by Gasteiger charge is -2.27. The van der Waals surface area contributed by atoms with E-state index in [1.807, 2.05) is 0 Å². The van der Waals surface area contributed by atoms with Gasteiger partial charge in [-0.15, -0.1) is 0 Å². The van der Waals surface area contributed by atoms with Gasteiger partial charge in [-0.25, -0.2) is 4.79 Å². The van der Waals surface area contributed by atoms with Gasteiger partial charge >= 0.3 is 11.9 Å². The van der Waals surface area contributed by atoms with Crippen molar-refractivity contribution in [3.8, 4) is 0 Å². The van der Waals surface area contributed by atoms with E-state index in [1.54, 1.807) is 0 Å². The molecule has 1 fully saturated rings. The summed E-state index contributed by atoms with van der Waals surface area (Å²) in [6, 6.07) is 0. The summed E-state index contributed by atoms with van der Waals surface area (Å²) in [5.41, 5.74) is 0. The van der Waals surface area contributed by atoms with Crippen LogP contribution in [0.25, 0.3) is 0 Å². The van der Waals surface area contributed by atoms with Gasteiger partial charge in [0.1, 0.15) is 0 Å². The van der Waals surface area contributed by atoms with Crippen molar-refractivity contribution in [1.29, 1.82) is 0 Å². The first-order valence-corrected chi connectivity index (χ1v) is 7.32. The highest BCUT2D eigenvalue weighted by Gasteiger charge is 2.40.